The van der Waals surface area contributed by atoms with E-state index in [1.807, 2.05) is 0 Å². The number of carbonyl (C=O) groups excluding carboxylic acids is 1. The molecule has 0 aromatic heterocycles. The van der Waals surface area contributed by atoms with Crippen LogP contribution >= 0.6 is 0 Å². The lowest BCUT2D eigenvalue weighted by Gasteiger charge is -2.27. The average molecular weight is 378 g/mol. The highest BCUT2D eigenvalue weighted by Crippen LogP contribution is 2.28. The Hall–Kier alpha value is -2.94. The van der Waals surface area contributed by atoms with Crippen LogP contribution in [-0.4, -0.2) is 37.2 Å². The molecule has 1 heterocycles. The molecule has 1 aliphatic heterocycles. The number of hydrogen-bond acceptors (Lipinski definition) is 5. The van der Waals surface area contributed by atoms with E-state index < -0.39 is 45.1 Å². The minimum absolute atomic E-state index is 0.00326. The smallest absolute Gasteiger partial charge is 0.335 e. The molecule has 26 heavy (non-hydrogen) atoms. The molecule has 3 rings (SSSR count). The zero-order valence-electron chi connectivity index (χ0n) is 13.4. The van der Waals surface area contributed by atoms with E-state index in [-0.39, 0.29) is 16.8 Å². The van der Waals surface area contributed by atoms with Gasteiger partial charge < -0.3 is 15.7 Å². The van der Waals surface area contributed by atoms with Crippen molar-refractivity contribution in [1.29, 1.82) is 0 Å². The van der Waals surface area contributed by atoms with Crippen LogP contribution in [0.1, 0.15) is 15.9 Å². The predicted octanol–water partition coefficient (Wildman–Crippen LogP) is 1.87. The number of nitrogens with one attached hydrogen (secondary N) is 2. The summed E-state index contributed by atoms with van der Waals surface area (Å²) >= 11 is 0. The Morgan fingerprint density at radius 1 is 1.15 bits per heavy atom. The number of rotatable bonds is 5. The summed E-state index contributed by atoms with van der Waals surface area (Å²) in [6.45, 7) is 0. The van der Waals surface area contributed by atoms with Gasteiger partial charge in [0.15, 0.2) is 9.84 Å². The van der Waals surface area contributed by atoms with Crippen molar-refractivity contribution in [2.45, 2.75) is 11.8 Å². The normalized spacial score (nSPS) is 16.3. The van der Waals surface area contributed by atoms with Crippen molar-refractivity contribution in [3.8, 4) is 0 Å². The largest absolute Gasteiger partial charge is 0.478 e. The van der Waals surface area contributed by atoms with Crippen molar-refractivity contribution in [3.05, 3.63) is 59.4 Å². The van der Waals surface area contributed by atoms with E-state index in [0.29, 0.717) is 5.69 Å². The Kier molecular flexibility index (Phi) is 4.64. The summed E-state index contributed by atoms with van der Waals surface area (Å²) in [6, 6.07) is 8.57. The van der Waals surface area contributed by atoms with Crippen LogP contribution in [0, 0.1) is 5.82 Å². The van der Waals surface area contributed by atoms with Gasteiger partial charge in [-0.25, -0.2) is 17.6 Å². The first-order chi connectivity index (χ1) is 12.2. The van der Waals surface area contributed by atoms with Crippen molar-refractivity contribution >= 4 is 33.1 Å². The molecular weight excluding hydrogens is 363 g/mol. The van der Waals surface area contributed by atoms with Gasteiger partial charge in [-0.2, -0.15) is 0 Å². The predicted molar refractivity (Wildman–Crippen MR) is 93.3 cm³/mol. The van der Waals surface area contributed by atoms with E-state index in [1.54, 1.807) is 0 Å². The molecule has 0 saturated heterocycles. The number of benzene rings is 2. The summed E-state index contributed by atoms with van der Waals surface area (Å²) in [5.74, 6) is -3.40. The van der Waals surface area contributed by atoms with Gasteiger partial charge in [-0.15, -0.1) is 0 Å². The molecule has 1 amide bonds. The van der Waals surface area contributed by atoms with E-state index in [1.165, 1.54) is 42.5 Å². The molecule has 136 valence electrons. The van der Waals surface area contributed by atoms with E-state index in [0.717, 1.165) is 0 Å². The molecule has 0 bridgehead atoms. The fourth-order valence-corrected chi connectivity index (χ4v) is 4.23. The van der Waals surface area contributed by atoms with Gasteiger partial charge in [-0.05, 0) is 24.3 Å². The lowest BCUT2D eigenvalue weighted by molar-refractivity contribution is -0.116. The van der Waals surface area contributed by atoms with Gasteiger partial charge in [0.25, 0.3) is 0 Å². The fraction of sp³-hybridized carbons (Fsp3) is 0.176. The molecule has 2 aromatic carbocycles. The molecule has 0 fully saturated rings. The van der Waals surface area contributed by atoms with Gasteiger partial charge in [0.1, 0.15) is 11.9 Å². The maximum Gasteiger partial charge on any atom is 0.335 e. The summed E-state index contributed by atoms with van der Waals surface area (Å²) in [5, 5.41) is 14.3. The topological polar surface area (TPSA) is 113 Å². The minimum Gasteiger partial charge on any atom is -0.478 e. The zero-order chi connectivity index (χ0) is 18.9. The number of sulfone groups is 1. The molecule has 0 radical (unpaired) electrons. The van der Waals surface area contributed by atoms with E-state index in [9.17, 15) is 22.4 Å². The number of fused-ring (bicyclic) bond motifs is 1. The summed E-state index contributed by atoms with van der Waals surface area (Å²) in [5.41, 5.74) is 0.713. The third kappa shape index (κ3) is 3.83. The Balaban J connectivity index is 1.77. The molecule has 2 aromatic rings. The first-order valence-electron chi connectivity index (χ1n) is 7.64. The van der Waals surface area contributed by atoms with E-state index >= 15 is 0 Å². The van der Waals surface area contributed by atoms with Crippen LogP contribution in [0.4, 0.5) is 15.8 Å². The maximum atomic E-state index is 13.7. The number of carboxylic acids is 1. The molecule has 0 spiro atoms. The maximum absolute atomic E-state index is 13.7. The SMILES string of the molecule is O=C(O)c1ccc2c(c1)NC(=O)C(CS(=O)(=O)Cc1ccccc1F)N2. The van der Waals surface area contributed by atoms with Crippen molar-refractivity contribution in [2.24, 2.45) is 0 Å². The molecule has 9 heteroatoms. The number of anilines is 2. The minimum atomic E-state index is -3.77. The highest BCUT2D eigenvalue weighted by atomic mass is 32.2. The first-order valence-corrected chi connectivity index (χ1v) is 9.46. The molecule has 3 N–H and O–H groups in total. The number of amides is 1. The van der Waals surface area contributed by atoms with Crippen molar-refractivity contribution in [3.63, 3.8) is 0 Å². The molecule has 1 atom stereocenters. The average Bonchev–Trinajstić information content (AvgIpc) is 2.56. The van der Waals surface area contributed by atoms with Crippen LogP contribution < -0.4 is 10.6 Å². The zero-order valence-corrected chi connectivity index (χ0v) is 14.2. The Morgan fingerprint density at radius 2 is 1.88 bits per heavy atom. The molecular formula is C17H15FN2O5S. The van der Waals surface area contributed by atoms with Crippen LogP contribution in [0.2, 0.25) is 0 Å². The molecule has 1 aliphatic rings. The Labute approximate surface area is 148 Å². The third-order valence-electron chi connectivity index (χ3n) is 3.92. The highest BCUT2D eigenvalue weighted by Gasteiger charge is 2.31. The summed E-state index contributed by atoms with van der Waals surface area (Å²) < 4.78 is 38.4. The number of carboxylic acid groups (broad SMARTS) is 1. The second-order valence-corrected chi connectivity index (χ2v) is 8.01. The molecule has 0 saturated carbocycles. The van der Waals surface area contributed by atoms with Crippen LogP contribution in [-0.2, 0) is 20.4 Å². The number of carbonyl (C=O) groups is 2. The first kappa shape index (κ1) is 17.9. The van der Waals surface area contributed by atoms with Gasteiger partial charge in [0.2, 0.25) is 5.91 Å². The lowest BCUT2D eigenvalue weighted by atomic mass is 10.1. The highest BCUT2D eigenvalue weighted by molar-refractivity contribution is 7.90. The quantitative estimate of drug-likeness (QED) is 0.732. The van der Waals surface area contributed by atoms with Gasteiger partial charge in [-0.1, -0.05) is 18.2 Å². The molecule has 1 unspecified atom stereocenters. The van der Waals surface area contributed by atoms with Crippen LogP contribution in [0.15, 0.2) is 42.5 Å². The van der Waals surface area contributed by atoms with Gasteiger partial charge in [0, 0.05) is 5.56 Å². The van der Waals surface area contributed by atoms with Gasteiger partial charge in [-0.3, -0.25) is 4.79 Å². The van der Waals surface area contributed by atoms with Crippen LogP contribution in [0.5, 0.6) is 0 Å². The van der Waals surface area contributed by atoms with Crippen LogP contribution in [0.3, 0.4) is 0 Å². The summed E-state index contributed by atoms with van der Waals surface area (Å²) in [4.78, 5) is 23.2. The Bertz CT molecular complexity index is 990. The summed E-state index contributed by atoms with van der Waals surface area (Å²) in [6.07, 6.45) is 0. The second-order valence-electron chi connectivity index (χ2n) is 5.90. The number of halogens is 1. The summed E-state index contributed by atoms with van der Waals surface area (Å²) in [7, 11) is -3.77. The Morgan fingerprint density at radius 3 is 2.58 bits per heavy atom. The third-order valence-corrected chi connectivity index (χ3v) is 5.52. The van der Waals surface area contributed by atoms with Crippen molar-refractivity contribution in [1.82, 2.24) is 0 Å². The standard InChI is InChI=1S/C17H15FN2O5S/c18-12-4-2-1-3-11(12)8-26(24,25)9-15-16(21)20-14-7-10(17(22)23)5-6-13(14)19-15/h1-7,15,19H,8-9H2,(H,20,21)(H,22,23). The second kappa shape index (κ2) is 6.75. The van der Waals surface area contributed by atoms with Gasteiger partial charge in [0.05, 0.1) is 28.4 Å². The van der Waals surface area contributed by atoms with E-state index in [4.69, 9.17) is 5.11 Å². The van der Waals surface area contributed by atoms with Crippen molar-refractivity contribution < 1.29 is 27.5 Å². The lowest BCUT2D eigenvalue weighted by Crippen LogP contribution is -2.43. The fourth-order valence-electron chi connectivity index (χ4n) is 2.66. The van der Waals surface area contributed by atoms with E-state index in [2.05, 4.69) is 10.6 Å². The van der Waals surface area contributed by atoms with Gasteiger partial charge >= 0.3 is 5.97 Å². The molecule has 7 nitrogen and oxygen atoms in total. The van der Waals surface area contributed by atoms with Crippen LogP contribution in [0.25, 0.3) is 0 Å². The number of hydrogen-bond donors (Lipinski definition) is 3. The number of aromatic carboxylic acids is 1. The monoisotopic (exact) mass is 378 g/mol. The molecule has 0 aliphatic carbocycles. The van der Waals surface area contributed by atoms with Crippen molar-refractivity contribution in [2.75, 3.05) is 16.4 Å².